The number of furan rings is 1. The molecule has 17 heavy (non-hydrogen) atoms. The molecule has 1 fully saturated rings. The molecule has 1 aromatic heterocycles. The fourth-order valence-corrected chi connectivity index (χ4v) is 2.20. The Balaban J connectivity index is 1.96. The Hall–Kier alpha value is -0.840. The lowest BCUT2D eigenvalue weighted by atomic mass is 10.2. The summed E-state index contributed by atoms with van der Waals surface area (Å²) in [6, 6.07) is 2.16. The van der Waals surface area contributed by atoms with Crippen molar-refractivity contribution >= 4 is 0 Å². The normalized spacial score (nSPS) is 18.2. The molecule has 1 aliphatic heterocycles. The first-order valence-corrected chi connectivity index (χ1v) is 6.32. The highest BCUT2D eigenvalue weighted by Gasteiger charge is 2.13. The van der Waals surface area contributed by atoms with Crippen molar-refractivity contribution < 1.29 is 9.15 Å². The van der Waals surface area contributed by atoms with E-state index in [9.17, 15) is 0 Å². The van der Waals surface area contributed by atoms with Gasteiger partial charge in [0.05, 0.1) is 13.2 Å². The summed E-state index contributed by atoms with van der Waals surface area (Å²) in [6.45, 7) is 7.69. The van der Waals surface area contributed by atoms with Gasteiger partial charge in [0.2, 0.25) is 0 Å². The third-order valence-electron chi connectivity index (χ3n) is 3.13. The molecule has 0 unspecified atom stereocenters. The first-order chi connectivity index (χ1) is 8.29. The molecular formula is C13H22N2O2. The zero-order chi connectivity index (χ0) is 12.1. The SMILES string of the molecule is CNCc1cc(CN2CCCOCC2)c(C)o1. The minimum Gasteiger partial charge on any atom is -0.465 e. The van der Waals surface area contributed by atoms with E-state index in [1.807, 2.05) is 14.0 Å². The minimum absolute atomic E-state index is 0.796. The van der Waals surface area contributed by atoms with Gasteiger partial charge < -0.3 is 14.5 Å². The molecule has 0 amide bonds. The first-order valence-electron chi connectivity index (χ1n) is 6.32. The molecule has 1 aromatic rings. The van der Waals surface area contributed by atoms with Gasteiger partial charge in [0, 0.05) is 31.8 Å². The lowest BCUT2D eigenvalue weighted by molar-refractivity contribution is 0.140. The molecule has 1 aliphatic rings. The van der Waals surface area contributed by atoms with Crippen molar-refractivity contribution in [2.24, 2.45) is 0 Å². The van der Waals surface area contributed by atoms with Gasteiger partial charge in [0.25, 0.3) is 0 Å². The number of hydrogen-bond donors (Lipinski definition) is 1. The maximum atomic E-state index is 5.71. The van der Waals surface area contributed by atoms with E-state index in [1.165, 1.54) is 5.56 Å². The average Bonchev–Trinajstić information content (AvgIpc) is 2.54. The van der Waals surface area contributed by atoms with Gasteiger partial charge >= 0.3 is 0 Å². The Kier molecular flexibility index (Phi) is 4.59. The van der Waals surface area contributed by atoms with E-state index in [4.69, 9.17) is 9.15 Å². The first kappa shape index (κ1) is 12.6. The Bertz CT molecular complexity index is 341. The zero-order valence-electron chi connectivity index (χ0n) is 10.8. The summed E-state index contributed by atoms with van der Waals surface area (Å²) in [5.74, 6) is 2.06. The molecule has 0 radical (unpaired) electrons. The predicted octanol–water partition coefficient (Wildman–Crippen LogP) is 1.53. The van der Waals surface area contributed by atoms with Crippen LogP contribution >= 0.6 is 0 Å². The van der Waals surface area contributed by atoms with Gasteiger partial charge in [-0.2, -0.15) is 0 Å². The van der Waals surface area contributed by atoms with E-state index >= 15 is 0 Å². The number of hydrogen-bond acceptors (Lipinski definition) is 4. The fraction of sp³-hybridized carbons (Fsp3) is 0.692. The van der Waals surface area contributed by atoms with Crippen molar-refractivity contribution in [3.05, 3.63) is 23.2 Å². The van der Waals surface area contributed by atoms with Crippen LogP contribution in [0, 0.1) is 6.92 Å². The van der Waals surface area contributed by atoms with Crippen LogP contribution in [0.2, 0.25) is 0 Å². The summed E-state index contributed by atoms with van der Waals surface area (Å²) in [4.78, 5) is 2.44. The van der Waals surface area contributed by atoms with Crippen molar-refractivity contribution in [1.82, 2.24) is 10.2 Å². The Labute approximate surface area is 103 Å². The van der Waals surface area contributed by atoms with E-state index < -0.39 is 0 Å². The third kappa shape index (κ3) is 3.56. The summed E-state index contributed by atoms with van der Waals surface area (Å²) in [6.07, 6.45) is 1.13. The second-order valence-electron chi connectivity index (χ2n) is 4.57. The molecule has 0 atom stereocenters. The summed E-state index contributed by atoms with van der Waals surface area (Å²) < 4.78 is 11.2. The van der Waals surface area contributed by atoms with Crippen molar-refractivity contribution in [2.75, 3.05) is 33.4 Å². The smallest absolute Gasteiger partial charge is 0.118 e. The molecule has 0 spiro atoms. The molecule has 96 valence electrons. The molecule has 4 heteroatoms. The van der Waals surface area contributed by atoms with Gasteiger partial charge in [-0.25, -0.2) is 0 Å². The number of ether oxygens (including phenoxy) is 1. The number of nitrogens with zero attached hydrogens (tertiary/aromatic N) is 1. The van der Waals surface area contributed by atoms with Gasteiger partial charge in [0.1, 0.15) is 11.5 Å². The molecule has 2 heterocycles. The molecule has 4 nitrogen and oxygen atoms in total. The predicted molar refractivity (Wildman–Crippen MR) is 66.9 cm³/mol. The summed E-state index contributed by atoms with van der Waals surface area (Å²) in [7, 11) is 1.93. The summed E-state index contributed by atoms with van der Waals surface area (Å²) in [5, 5.41) is 3.11. The van der Waals surface area contributed by atoms with E-state index in [0.717, 1.165) is 57.3 Å². The lowest BCUT2D eigenvalue weighted by Gasteiger charge is -2.18. The third-order valence-corrected chi connectivity index (χ3v) is 3.13. The van der Waals surface area contributed by atoms with Crippen LogP contribution in [-0.2, 0) is 17.8 Å². The van der Waals surface area contributed by atoms with Crippen molar-refractivity contribution in [3.63, 3.8) is 0 Å². The molecular weight excluding hydrogens is 216 g/mol. The van der Waals surface area contributed by atoms with E-state index in [2.05, 4.69) is 16.3 Å². The van der Waals surface area contributed by atoms with Crippen molar-refractivity contribution in [2.45, 2.75) is 26.4 Å². The largest absolute Gasteiger partial charge is 0.465 e. The van der Waals surface area contributed by atoms with Crippen LogP contribution < -0.4 is 5.32 Å². The fourth-order valence-electron chi connectivity index (χ4n) is 2.20. The van der Waals surface area contributed by atoms with E-state index in [0.29, 0.717) is 0 Å². The van der Waals surface area contributed by atoms with Gasteiger partial charge in [-0.3, -0.25) is 4.90 Å². The van der Waals surface area contributed by atoms with Crippen LogP contribution in [0.3, 0.4) is 0 Å². The van der Waals surface area contributed by atoms with Crippen LogP contribution in [0.15, 0.2) is 10.5 Å². The molecule has 1 N–H and O–H groups in total. The van der Waals surface area contributed by atoms with Gasteiger partial charge in [-0.05, 0) is 26.5 Å². The van der Waals surface area contributed by atoms with Crippen molar-refractivity contribution in [1.29, 1.82) is 0 Å². The van der Waals surface area contributed by atoms with Crippen LogP contribution in [-0.4, -0.2) is 38.3 Å². The summed E-state index contributed by atoms with van der Waals surface area (Å²) >= 11 is 0. The molecule has 0 aromatic carbocycles. The van der Waals surface area contributed by atoms with E-state index in [1.54, 1.807) is 0 Å². The maximum absolute atomic E-state index is 5.71. The molecule has 0 aliphatic carbocycles. The Morgan fingerprint density at radius 3 is 3.06 bits per heavy atom. The summed E-state index contributed by atoms with van der Waals surface area (Å²) in [5.41, 5.74) is 1.30. The number of nitrogens with one attached hydrogen (secondary N) is 1. The lowest BCUT2D eigenvalue weighted by Crippen LogP contribution is -2.25. The quantitative estimate of drug-likeness (QED) is 0.863. The highest BCUT2D eigenvalue weighted by atomic mass is 16.5. The van der Waals surface area contributed by atoms with Crippen molar-refractivity contribution in [3.8, 4) is 0 Å². The topological polar surface area (TPSA) is 37.6 Å². The van der Waals surface area contributed by atoms with E-state index in [-0.39, 0.29) is 0 Å². The second kappa shape index (κ2) is 6.19. The maximum Gasteiger partial charge on any atom is 0.118 e. The number of rotatable bonds is 4. The highest BCUT2D eigenvalue weighted by Crippen LogP contribution is 2.17. The molecule has 1 saturated heterocycles. The molecule has 0 saturated carbocycles. The van der Waals surface area contributed by atoms with Gasteiger partial charge in [0.15, 0.2) is 0 Å². The van der Waals surface area contributed by atoms with Crippen LogP contribution in [0.1, 0.15) is 23.5 Å². The standard InChI is InChI=1S/C13H22N2O2/c1-11-12(8-13(17-11)9-14-2)10-15-4-3-6-16-7-5-15/h8,14H,3-7,9-10H2,1-2H3. The molecule has 2 rings (SSSR count). The van der Waals surface area contributed by atoms with Gasteiger partial charge in [-0.1, -0.05) is 0 Å². The second-order valence-corrected chi connectivity index (χ2v) is 4.57. The van der Waals surface area contributed by atoms with Crippen LogP contribution in [0.25, 0.3) is 0 Å². The minimum atomic E-state index is 0.796. The number of aryl methyl sites for hydroxylation is 1. The van der Waals surface area contributed by atoms with Gasteiger partial charge in [-0.15, -0.1) is 0 Å². The Morgan fingerprint density at radius 1 is 1.35 bits per heavy atom. The van der Waals surface area contributed by atoms with Crippen LogP contribution in [0.5, 0.6) is 0 Å². The monoisotopic (exact) mass is 238 g/mol. The van der Waals surface area contributed by atoms with Crippen LogP contribution in [0.4, 0.5) is 0 Å². The Morgan fingerprint density at radius 2 is 2.24 bits per heavy atom. The zero-order valence-corrected chi connectivity index (χ0v) is 10.8. The molecule has 0 bridgehead atoms. The highest BCUT2D eigenvalue weighted by molar-refractivity contribution is 5.20. The average molecular weight is 238 g/mol.